The summed E-state index contributed by atoms with van der Waals surface area (Å²) in [6.45, 7) is 0.667. The SMILES string of the molecule is CN1C(=N)NC(COCc2cccc(Cl)c2)(CC2CCCCC2)C1=O. The number of guanidine groups is 1. The number of nitrogens with zero attached hydrogens (tertiary/aromatic N) is 1. The van der Waals surface area contributed by atoms with Crippen LogP contribution in [0, 0.1) is 11.3 Å². The summed E-state index contributed by atoms with van der Waals surface area (Å²) >= 11 is 6.01. The summed E-state index contributed by atoms with van der Waals surface area (Å²) in [7, 11) is 1.65. The third-order valence-electron chi connectivity index (χ3n) is 5.28. The van der Waals surface area contributed by atoms with Gasteiger partial charge in [-0.05, 0) is 30.0 Å². The van der Waals surface area contributed by atoms with E-state index in [1.165, 1.54) is 24.2 Å². The van der Waals surface area contributed by atoms with Crippen molar-refractivity contribution in [3.63, 3.8) is 0 Å². The summed E-state index contributed by atoms with van der Waals surface area (Å²) in [6.07, 6.45) is 6.78. The fraction of sp³-hybridized carbons (Fsp3) is 0.579. The van der Waals surface area contributed by atoms with Crippen molar-refractivity contribution in [3.05, 3.63) is 34.9 Å². The number of amides is 1. The number of hydrogen-bond donors (Lipinski definition) is 2. The van der Waals surface area contributed by atoms with Gasteiger partial charge in [0.2, 0.25) is 0 Å². The predicted molar refractivity (Wildman–Crippen MR) is 98.7 cm³/mol. The number of carbonyl (C=O) groups is 1. The topological polar surface area (TPSA) is 65.4 Å². The van der Waals surface area contributed by atoms with E-state index >= 15 is 0 Å². The Bertz CT molecular complexity index is 645. The molecule has 1 atom stereocenters. The van der Waals surface area contributed by atoms with Crippen molar-refractivity contribution in [1.29, 1.82) is 5.41 Å². The normalized spacial score (nSPS) is 24.6. The molecule has 6 heteroatoms. The average Bonchev–Trinajstić information content (AvgIpc) is 2.80. The highest BCUT2D eigenvalue weighted by molar-refractivity contribution is 6.30. The number of likely N-dealkylation sites (N-methyl/N-ethyl adjacent to an activating group) is 1. The fourth-order valence-electron chi connectivity index (χ4n) is 3.94. The fourth-order valence-corrected chi connectivity index (χ4v) is 4.15. The van der Waals surface area contributed by atoms with Gasteiger partial charge in [-0.1, -0.05) is 55.8 Å². The highest BCUT2D eigenvalue weighted by atomic mass is 35.5. The Morgan fingerprint density at radius 2 is 2.12 bits per heavy atom. The molecule has 1 unspecified atom stereocenters. The summed E-state index contributed by atoms with van der Waals surface area (Å²) in [5.41, 5.74) is 0.168. The number of benzene rings is 1. The zero-order valence-electron chi connectivity index (χ0n) is 14.7. The summed E-state index contributed by atoms with van der Waals surface area (Å²) in [5.74, 6) is 0.612. The maximum absolute atomic E-state index is 12.8. The molecule has 1 saturated carbocycles. The van der Waals surface area contributed by atoms with Gasteiger partial charge in [0.05, 0.1) is 13.2 Å². The Hall–Kier alpha value is -1.59. The maximum Gasteiger partial charge on any atom is 0.257 e. The molecule has 1 aliphatic carbocycles. The van der Waals surface area contributed by atoms with E-state index < -0.39 is 5.54 Å². The maximum atomic E-state index is 12.8. The number of nitrogens with one attached hydrogen (secondary N) is 2. The Kier molecular flexibility index (Phi) is 5.64. The highest BCUT2D eigenvalue weighted by Gasteiger charge is 2.49. The van der Waals surface area contributed by atoms with Crippen molar-refractivity contribution in [1.82, 2.24) is 10.2 Å². The van der Waals surface area contributed by atoms with Gasteiger partial charge in [0.1, 0.15) is 5.54 Å². The lowest BCUT2D eigenvalue weighted by Crippen LogP contribution is -2.52. The first-order chi connectivity index (χ1) is 12.0. The predicted octanol–water partition coefficient (Wildman–Crippen LogP) is 3.56. The van der Waals surface area contributed by atoms with Gasteiger partial charge in [0, 0.05) is 12.1 Å². The molecule has 2 aliphatic rings. The van der Waals surface area contributed by atoms with Crippen molar-refractivity contribution in [3.8, 4) is 0 Å². The molecular formula is C19H26ClN3O2. The highest BCUT2D eigenvalue weighted by Crippen LogP contribution is 2.33. The number of ether oxygens (including phenoxy) is 1. The van der Waals surface area contributed by atoms with Crippen LogP contribution in [0.15, 0.2) is 24.3 Å². The van der Waals surface area contributed by atoms with Gasteiger partial charge < -0.3 is 10.1 Å². The van der Waals surface area contributed by atoms with Crippen LogP contribution in [0.25, 0.3) is 0 Å². The molecular weight excluding hydrogens is 338 g/mol. The first-order valence-corrected chi connectivity index (χ1v) is 9.35. The molecule has 1 amide bonds. The van der Waals surface area contributed by atoms with E-state index in [2.05, 4.69) is 5.32 Å². The molecule has 1 saturated heterocycles. The number of hydrogen-bond acceptors (Lipinski definition) is 3. The van der Waals surface area contributed by atoms with Gasteiger partial charge in [-0.25, -0.2) is 0 Å². The Morgan fingerprint density at radius 3 is 2.76 bits per heavy atom. The molecule has 2 fully saturated rings. The lowest BCUT2D eigenvalue weighted by Gasteiger charge is -2.32. The molecule has 0 spiro atoms. The van der Waals surface area contributed by atoms with Crippen LogP contribution in [0.3, 0.4) is 0 Å². The summed E-state index contributed by atoms with van der Waals surface area (Å²) in [5, 5.41) is 11.8. The minimum atomic E-state index is -0.813. The van der Waals surface area contributed by atoms with Crippen LogP contribution >= 0.6 is 11.6 Å². The quantitative estimate of drug-likeness (QED) is 0.812. The van der Waals surface area contributed by atoms with E-state index in [1.54, 1.807) is 7.05 Å². The second kappa shape index (κ2) is 7.75. The molecule has 0 radical (unpaired) electrons. The second-order valence-electron chi connectivity index (χ2n) is 7.25. The van der Waals surface area contributed by atoms with Crippen molar-refractivity contribution in [2.45, 2.75) is 50.7 Å². The third-order valence-corrected chi connectivity index (χ3v) is 5.51. The minimum Gasteiger partial charge on any atom is -0.374 e. The summed E-state index contributed by atoms with van der Waals surface area (Å²) < 4.78 is 5.91. The molecule has 25 heavy (non-hydrogen) atoms. The smallest absolute Gasteiger partial charge is 0.257 e. The molecule has 136 valence electrons. The standard InChI is InChI=1S/C19H26ClN3O2/c1-23-17(24)19(22-18(23)21,11-14-6-3-2-4-7-14)13-25-12-15-8-5-9-16(20)10-15/h5,8-10,14H,2-4,6-7,11-13H2,1H3,(H2,21,22). The monoisotopic (exact) mass is 363 g/mol. The van der Waals surface area contributed by atoms with Crippen LogP contribution in [-0.2, 0) is 16.1 Å². The number of rotatable bonds is 6. The molecule has 0 bridgehead atoms. The second-order valence-corrected chi connectivity index (χ2v) is 7.69. The lowest BCUT2D eigenvalue weighted by molar-refractivity contribution is -0.133. The van der Waals surface area contributed by atoms with Crippen LogP contribution in [-0.4, -0.2) is 36.0 Å². The third kappa shape index (κ3) is 4.15. The molecule has 1 aromatic rings. The zero-order valence-corrected chi connectivity index (χ0v) is 15.4. The number of carbonyl (C=O) groups excluding carboxylic acids is 1. The largest absolute Gasteiger partial charge is 0.374 e. The van der Waals surface area contributed by atoms with Gasteiger partial charge in [-0.2, -0.15) is 0 Å². The van der Waals surface area contributed by atoms with Gasteiger partial charge in [0.15, 0.2) is 5.96 Å². The summed E-state index contributed by atoms with van der Waals surface area (Å²) in [6, 6.07) is 7.54. The van der Waals surface area contributed by atoms with E-state index in [-0.39, 0.29) is 18.5 Å². The van der Waals surface area contributed by atoms with Crippen molar-refractivity contribution < 1.29 is 9.53 Å². The van der Waals surface area contributed by atoms with Crippen LogP contribution in [0.2, 0.25) is 5.02 Å². The van der Waals surface area contributed by atoms with Crippen molar-refractivity contribution in [2.75, 3.05) is 13.7 Å². The Balaban J connectivity index is 1.68. The van der Waals surface area contributed by atoms with Gasteiger partial charge in [-0.15, -0.1) is 0 Å². The zero-order chi connectivity index (χ0) is 17.9. The lowest BCUT2D eigenvalue weighted by atomic mass is 9.79. The summed E-state index contributed by atoms with van der Waals surface area (Å²) in [4.78, 5) is 14.2. The van der Waals surface area contributed by atoms with Crippen LogP contribution in [0.1, 0.15) is 44.1 Å². The van der Waals surface area contributed by atoms with Gasteiger partial charge >= 0.3 is 0 Å². The Labute approximate surface area is 154 Å². The van der Waals surface area contributed by atoms with Crippen molar-refractivity contribution in [2.24, 2.45) is 5.92 Å². The molecule has 1 heterocycles. The molecule has 3 rings (SSSR count). The Morgan fingerprint density at radius 1 is 1.36 bits per heavy atom. The average molecular weight is 364 g/mol. The molecule has 0 aromatic heterocycles. The molecule has 1 aromatic carbocycles. The van der Waals surface area contributed by atoms with Gasteiger partial charge in [0.25, 0.3) is 5.91 Å². The van der Waals surface area contributed by atoms with Crippen LogP contribution < -0.4 is 5.32 Å². The van der Waals surface area contributed by atoms with Gasteiger partial charge in [-0.3, -0.25) is 15.1 Å². The molecule has 1 aliphatic heterocycles. The van der Waals surface area contributed by atoms with E-state index in [0.29, 0.717) is 17.5 Å². The van der Waals surface area contributed by atoms with E-state index in [9.17, 15) is 4.79 Å². The van der Waals surface area contributed by atoms with E-state index in [1.807, 2.05) is 24.3 Å². The first-order valence-electron chi connectivity index (χ1n) is 8.97. The van der Waals surface area contributed by atoms with Crippen molar-refractivity contribution >= 4 is 23.5 Å². The van der Waals surface area contributed by atoms with Crippen LogP contribution in [0.4, 0.5) is 0 Å². The molecule has 2 N–H and O–H groups in total. The first kappa shape index (κ1) is 18.2. The van der Waals surface area contributed by atoms with Crippen LogP contribution in [0.5, 0.6) is 0 Å². The van der Waals surface area contributed by atoms with E-state index in [4.69, 9.17) is 21.7 Å². The minimum absolute atomic E-state index is 0.0610. The van der Waals surface area contributed by atoms with E-state index in [0.717, 1.165) is 24.8 Å². The molecule has 5 nitrogen and oxygen atoms in total. The number of halogens is 1.